The van der Waals surface area contributed by atoms with E-state index in [4.69, 9.17) is 10.5 Å². The van der Waals surface area contributed by atoms with E-state index in [1.54, 1.807) is 0 Å². The highest BCUT2D eigenvalue weighted by Gasteiger charge is 2.05. The molecule has 0 saturated carbocycles. The van der Waals surface area contributed by atoms with Crippen molar-refractivity contribution in [2.24, 2.45) is 5.73 Å². The Morgan fingerprint density at radius 1 is 1.27 bits per heavy atom. The molecular formula is C8H20N2O. The Morgan fingerprint density at radius 2 is 1.73 bits per heavy atom. The minimum atomic E-state index is 0.750. The van der Waals surface area contributed by atoms with Crippen LogP contribution in [0, 0.1) is 0 Å². The van der Waals surface area contributed by atoms with Crippen molar-refractivity contribution in [1.82, 2.24) is 4.90 Å². The molecule has 2 N–H and O–H groups in total. The molecule has 0 aromatic rings. The first-order valence-corrected chi connectivity index (χ1v) is 4.35. The molecule has 0 spiro atoms. The lowest BCUT2D eigenvalue weighted by molar-refractivity contribution is 0.0405. The standard InChI is InChI=1S/C6H13NO.C2H7N/c1-2-7-3-5-8-6-4-7;1-2-3/h2-6H2,1H3;2-3H2,1H3. The highest BCUT2D eigenvalue weighted by atomic mass is 16.5. The largest absolute Gasteiger partial charge is 0.379 e. The average Bonchev–Trinajstić information content (AvgIpc) is 2.08. The van der Waals surface area contributed by atoms with Gasteiger partial charge in [-0.1, -0.05) is 13.8 Å². The number of hydrogen-bond acceptors (Lipinski definition) is 3. The predicted molar refractivity (Wildman–Crippen MR) is 47.7 cm³/mol. The molecule has 1 rings (SSSR count). The summed E-state index contributed by atoms with van der Waals surface area (Å²) in [6.45, 7) is 10.1. The Labute approximate surface area is 69.5 Å². The molecule has 1 saturated heterocycles. The zero-order valence-corrected chi connectivity index (χ0v) is 7.68. The normalized spacial score (nSPS) is 18.8. The Balaban J connectivity index is 0.000000292. The van der Waals surface area contributed by atoms with Gasteiger partial charge in [-0.25, -0.2) is 0 Å². The third-order valence-electron chi connectivity index (χ3n) is 1.55. The van der Waals surface area contributed by atoms with E-state index in [1.165, 1.54) is 6.54 Å². The van der Waals surface area contributed by atoms with Gasteiger partial charge in [-0.3, -0.25) is 4.90 Å². The van der Waals surface area contributed by atoms with Gasteiger partial charge in [0.05, 0.1) is 13.2 Å². The van der Waals surface area contributed by atoms with Crippen molar-refractivity contribution in [3.8, 4) is 0 Å². The van der Waals surface area contributed by atoms with Crippen molar-refractivity contribution >= 4 is 0 Å². The van der Waals surface area contributed by atoms with E-state index in [9.17, 15) is 0 Å². The number of hydrogen-bond donors (Lipinski definition) is 1. The zero-order valence-electron chi connectivity index (χ0n) is 7.68. The van der Waals surface area contributed by atoms with Gasteiger partial charge in [0.1, 0.15) is 0 Å². The number of ether oxygens (including phenoxy) is 1. The SMILES string of the molecule is CCN.CCN1CCOCC1. The summed E-state index contributed by atoms with van der Waals surface area (Å²) in [5.41, 5.74) is 4.85. The van der Waals surface area contributed by atoms with Crippen LogP contribution in [-0.2, 0) is 4.74 Å². The third kappa shape index (κ3) is 6.28. The first-order chi connectivity index (χ1) is 5.35. The fourth-order valence-electron chi connectivity index (χ4n) is 0.917. The molecule has 1 aliphatic heterocycles. The van der Waals surface area contributed by atoms with Gasteiger partial charge < -0.3 is 10.5 Å². The van der Waals surface area contributed by atoms with Gasteiger partial charge in [0.15, 0.2) is 0 Å². The van der Waals surface area contributed by atoms with Gasteiger partial charge in [0, 0.05) is 13.1 Å². The van der Waals surface area contributed by atoms with Crippen molar-refractivity contribution in [2.75, 3.05) is 39.4 Å². The lowest BCUT2D eigenvalue weighted by atomic mass is 10.4. The van der Waals surface area contributed by atoms with E-state index in [-0.39, 0.29) is 0 Å². The van der Waals surface area contributed by atoms with Crippen molar-refractivity contribution < 1.29 is 4.74 Å². The van der Waals surface area contributed by atoms with Gasteiger partial charge in [-0.05, 0) is 13.1 Å². The molecule has 0 aromatic heterocycles. The van der Waals surface area contributed by atoms with Crippen molar-refractivity contribution in [3.05, 3.63) is 0 Å². The van der Waals surface area contributed by atoms with Crippen molar-refractivity contribution in [1.29, 1.82) is 0 Å². The quantitative estimate of drug-likeness (QED) is 0.599. The maximum atomic E-state index is 5.16. The molecule has 1 heterocycles. The Hall–Kier alpha value is -0.120. The fourth-order valence-corrected chi connectivity index (χ4v) is 0.917. The van der Waals surface area contributed by atoms with Crippen LogP contribution >= 0.6 is 0 Å². The molecule has 0 aliphatic carbocycles. The minimum Gasteiger partial charge on any atom is -0.379 e. The van der Waals surface area contributed by atoms with Crippen LogP contribution in [0.2, 0.25) is 0 Å². The lowest BCUT2D eigenvalue weighted by Crippen LogP contribution is -2.35. The summed E-state index contributed by atoms with van der Waals surface area (Å²) < 4.78 is 5.16. The molecule has 1 aliphatic rings. The number of likely N-dealkylation sites (N-methyl/N-ethyl adjacent to an activating group) is 1. The Morgan fingerprint density at radius 3 is 2.00 bits per heavy atom. The molecule has 0 bridgehead atoms. The average molecular weight is 160 g/mol. The van der Waals surface area contributed by atoms with E-state index in [2.05, 4.69) is 11.8 Å². The molecule has 0 radical (unpaired) electrons. The van der Waals surface area contributed by atoms with Crippen LogP contribution in [0.3, 0.4) is 0 Å². The monoisotopic (exact) mass is 160 g/mol. The lowest BCUT2D eigenvalue weighted by Gasteiger charge is -2.24. The third-order valence-corrected chi connectivity index (χ3v) is 1.55. The zero-order chi connectivity index (χ0) is 8.53. The summed E-state index contributed by atoms with van der Waals surface area (Å²) in [4.78, 5) is 2.39. The van der Waals surface area contributed by atoms with Crippen molar-refractivity contribution in [2.45, 2.75) is 13.8 Å². The van der Waals surface area contributed by atoms with Crippen LogP contribution in [0.25, 0.3) is 0 Å². The van der Waals surface area contributed by atoms with Gasteiger partial charge in [0.25, 0.3) is 0 Å². The highest BCUT2D eigenvalue weighted by Crippen LogP contribution is 1.93. The summed E-state index contributed by atoms with van der Waals surface area (Å²) in [6, 6.07) is 0. The second kappa shape index (κ2) is 7.98. The van der Waals surface area contributed by atoms with E-state index in [0.717, 1.165) is 32.8 Å². The number of nitrogens with two attached hydrogens (primary N) is 1. The number of morpholine rings is 1. The molecule has 3 heteroatoms. The number of nitrogens with zero attached hydrogens (tertiary/aromatic N) is 1. The summed E-state index contributed by atoms with van der Waals surface area (Å²) in [5, 5.41) is 0. The van der Waals surface area contributed by atoms with E-state index in [1.807, 2.05) is 6.92 Å². The van der Waals surface area contributed by atoms with Crippen molar-refractivity contribution in [3.63, 3.8) is 0 Å². The van der Waals surface area contributed by atoms with Gasteiger partial charge in [-0.15, -0.1) is 0 Å². The highest BCUT2D eigenvalue weighted by molar-refractivity contribution is 4.57. The second-order valence-electron chi connectivity index (χ2n) is 2.45. The van der Waals surface area contributed by atoms with Crippen LogP contribution < -0.4 is 5.73 Å². The van der Waals surface area contributed by atoms with Crippen LogP contribution in [0.5, 0.6) is 0 Å². The molecule has 0 atom stereocenters. The molecular weight excluding hydrogens is 140 g/mol. The van der Waals surface area contributed by atoms with Crippen LogP contribution in [0.4, 0.5) is 0 Å². The molecule has 0 unspecified atom stereocenters. The summed E-state index contributed by atoms with van der Waals surface area (Å²) in [5.74, 6) is 0. The number of rotatable bonds is 1. The van der Waals surface area contributed by atoms with E-state index >= 15 is 0 Å². The second-order valence-corrected chi connectivity index (χ2v) is 2.45. The molecule has 3 nitrogen and oxygen atoms in total. The molecule has 1 fully saturated rings. The van der Waals surface area contributed by atoms with E-state index in [0.29, 0.717) is 0 Å². The molecule has 0 aromatic carbocycles. The molecule has 68 valence electrons. The van der Waals surface area contributed by atoms with Gasteiger partial charge in [-0.2, -0.15) is 0 Å². The topological polar surface area (TPSA) is 38.5 Å². The first kappa shape index (κ1) is 10.9. The summed E-state index contributed by atoms with van der Waals surface area (Å²) in [6.07, 6.45) is 0. The van der Waals surface area contributed by atoms with E-state index < -0.39 is 0 Å². The maximum Gasteiger partial charge on any atom is 0.0594 e. The molecule has 0 amide bonds. The Bertz CT molecular complexity index is 72.5. The van der Waals surface area contributed by atoms with Crippen LogP contribution in [-0.4, -0.2) is 44.3 Å². The maximum absolute atomic E-state index is 5.16. The van der Waals surface area contributed by atoms with Gasteiger partial charge in [0.2, 0.25) is 0 Å². The van der Waals surface area contributed by atoms with Gasteiger partial charge >= 0.3 is 0 Å². The Kier molecular flexibility index (Phi) is 7.89. The summed E-state index contributed by atoms with van der Waals surface area (Å²) in [7, 11) is 0. The first-order valence-electron chi connectivity index (χ1n) is 4.35. The fraction of sp³-hybridized carbons (Fsp3) is 1.00. The van der Waals surface area contributed by atoms with Crippen LogP contribution in [0.1, 0.15) is 13.8 Å². The molecule has 11 heavy (non-hydrogen) atoms. The van der Waals surface area contributed by atoms with Crippen LogP contribution in [0.15, 0.2) is 0 Å². The summed E-state index contributed by atoms with van der Waals surface area (Å²) >= 11 is 0. The smallest absolute Gasteiger partial charge is 0.0594 e. The minimum absolute atomic E-state index is 0.750. The predicted octanol–water partition coefficient (Wildman–Crippen LogP) is 0.304.